The first kappa shape index (κ1) is 15.6. The molecule has 2 heterocycles. The Morgan fingerprint density at radius 2 is 0.818 bits per heavy atom. The molecule has 2 aliphatic heterocycles. The number of hydrogen-bond acceptors (Lipinski definition) is 6. The molecule has 0 aromatic carbocycles. The summed E-state index contributed by atoms with van der Waals surface area (Å²) in [6.45, 7) is 2.87. The Bertz CT molecular complexity index is 531. The number of imide groups is 4. The number of carbonyl (C=O) groups excluding carboxylic acids is 6. The number of barbiturate groups is 2. The Hall–Kier alpha value is -2.78. The Morgan fingerprint density at radius 1 is 0.591 bits per heavy atom. The van der Waals surface area contributed by atoms with Gasteiger partial charge in [0, 0.05) is 0 Å². The highest BCUT2D eigenvalue weighted by atomic mass is 16.2. The molecular formula is C12H14N4O6. The second kappa shape index (κ2) is 4.90. The van der Waals surface area contributed by atoms with E-state index in [0.29, 0.717) is 0 Å². The van der Waals surface area contributed by atoms with Gasteiger partial charge in [-0.3, -0.25) is 40.4 Å². The van der Waals surface area contributed by atoms with Crippen molar-refractivity contribution in [3.8, 4) is 0 Å². The standard InChI is InChI=1S/C12H14N4O6/c1-3-11(5(17)13-9(21)14-6(11)18)12(4-2)7(19)15-10(22)16-8(12)20/h3-4H2,1-2H3,(H2,13,14,17,18,21)(H2,15,16,19,20,22). The van der Waals surface area contributed by atoms with E-state index in [0.717, 1.165) is 0 Å². The van der Waals surface area contributed by atoms with E-state index >= 15 is 0 Å². The molecule has 4 N–H and O–H groups in total. The summed E-state index contributed by atoms with van der Waals surface area (Å²) in [7, 11) is 0. The topological polar surface area (TPSA) is 151 Å². The molecule has 0 bridgehead atoms. The van der Waals surface area contributed by atoms with Crippen LogP contribution in [0.2, 0.25) is 0 Å². The molecule has 0 spiro atoms. The van der Waals surface area contributed by atoms with E-state index in [1.54, 1.807) is 0 Å². The van der Waals surface area contributed by atoms with Crippen LogP contribution in [0.4, 0.5) is 9.59 Å². The molecule has 0 aliphatic carbocycles. The van der Waals surface area contributed by atoms with Gasteiger partial charge in [0.15, 0.2) is 10.8 Å². The minimum atomic E-state index is -2.13. The lowest BCUT2D eigenvalue weighted by molar-refractivity contribution is -0.171. The van der Waals surface area contributed by atoms with Crippen LogP contribution in [-0.4, -0.2) is 35.7 Å². The minimum absolute atomic E-state index is 0.221. The van der Waals surface area contributed by atoms with Crippen molar-refractivity contribution in [2.75, 3.05) is 0 Å². The largest absolute Gasteiger partial charge is 0.328 e. The highest BCUT2D eigenvalue weighted by molar-refractivity contribution is 6.29. The summed E-state index contributed by atoms with van der Waals surface area (Å²) in [4.78, 5) is 72.0. The molecule has 10 nitrogen and oxygen atoms in total. The Kier molecular flexibility index (Phi) is 3.47. The fourth-order valence-electron chi connectivity index (χ4n) is 3.13. The van der Waals surface area contributed by atoms with Crippen LogP contribution >= 0.6 is 0 Å². The zero-order valence-electron chi connectivity index (χ0n) is 11.9. The summed E-state index contributed by atoms with van der Waals surface area (Å²) in [5, 5.41) is 7.62. The minimum Gasteiger partial charge on any atom is -0.277 e. The van der Waals surface area contributed by atoms with Gasteiger partial charge >= 0.3 is 12.1 Å². The van der Waals surface area contributed by atoms with Gasteiger partial charge in [-0.25, -0.2) is 9.59 Å². The first-order valence-electron chi connectivity index (χ1n) is 6.60. The maximum atomic E-state index is 12.4. The van der Waals surface area contributed by atoms with Gasteiger partial charge < -0.3 is 0 Å². The molecule has 2 fully saturated rings. The van der Waals surface area contributed by atoms with Gasteiger partial charge in [-0.1, -0.05) is 13.8 Å². The Labute approximate surface area is 124 Å². The maximum absolute atomic E-state index is 12.4. The summed E-state index contributed by atoms with van der Waals surface area (Å²) >= 11 is 0. The molecule has 0 aromatic rings. The number of carbonyl (C=O) groups is 6. The van der Waals surface area contributed by atoms with Gasteiger partial charge in [-0.05, 0) is 12.8 Å². The highest BCUT2D eigenvalue weighted by Crippen LogP contribution is 2.48. The summed E-state index contributed by atoms with van der Waals surface area (Å²) in [5.41, 5.74) is -4.27. The SMILES string of the molecule is CCC1(C2(CC)C(=O)NC(=O)NC2=O)C(=O)NC(=O)NC1=O. The number of hydrogen-bond donors (Lipinski definition) is 4. The maximum Gasteiger partial charge on any atom is 0.328 e. The normalized spacial score (nSPS) is 23.4. The summed E-state index contributed by atoms with van der Waals surface area (Å²) in [5.74, 6) is -4.20. The zero-order valence-corrected chi connectivity index (χ0v) is 11.9. The molecule has 118 valence electrons. The van der Waals surface area contributed by atoms with Gasteiger partial charge in [-0.15, -0.1) is 0 Å². The third-order valence-corrected chi connectivity index (χ3v) is 4.25. The molecule has 0 atom stereocenters. The van der Waals surface area contributed by atoms with Crippen LogP contribution < -0.4 is 21.3 Å². The summed E-state index contributed by atoms with van der Waals surface area (Å²) in [6, 6.07) is -2.06. The van der Waals surface area contributed by atoms with E-state index in [2.05, 4.69) is 0 Å². The molecule has 0 radical (unpaired) electrons. The fraction of sp³-hybridized carbons (Fsp3) is 0.500. The molecule has 10 heteroatoms. The van der Waals surface area contributed by atoms with E-state index in [4.69, 9.17) is 0 Å². The molecule has 0 unspecified atom stereocenters. The van der Waals surface area contributed by atoms with Crippen molar-refractivity contribution >= 4 is 35.7 Å². The highest BCUT2D eigenvalue weighted by Gasteiger charge is 2.70. The van der Waals surface area contributed by atoms with Gasteiger partial charge in [0.1, 0.15) is 0 Å². The quantitative estimate of drug-likeness (QED) is 0.466. The van der Waals surface area contributed by atoms with E-state index in [9.17, 15) is 28.8 Å². The molecule has 22 heavy (non-hydrogen) atoms. The summed E-state index contributed by atoms with van der Waals surface area (Å²) in [6.07, 6.45) is -0.443. The zero-order chi connectivity index (χ0) is 16.7. The molecule has 2 aliphatic rings. The van der Waals surface area contributed by atoms with Crippen LogP contribution in [0, 0.1) is 10.8 Å². The van der Waals surface area contributed by atoms with Crippen molar-refractivity contribution in [1.29, 1.82) is 0 Å². The van der Waals surface area contributed by atoms with Gasteiger partial charge in [-0.2, -0.15) is 0 Å². The average Bonchev–Trinajstić information content (AvgIpc) is 2.41. The van der Waals surface area contributed by atoms with Crippen molar-refractivity contribution in [2.45, 2.75) is 26.7 Å². The first-order chi connectivity index (χ1) is 10.3. The van der Waals surface area contributed by atoms with Crippen LogP contribution in [0.5, 0.6) is 0 Å². The van der Waals surface area contributed by atoms with Crippen LogP contribution in [0.3, 0.4) is 0 Å². The number of rotatable bonds is 3. The van der Waals surface area contributed by atoms with Crippen LogP contribution in [0.15, 0.2) is 0 Å². The van der Waals surface area contributed by atoms with Gasteiger partial charge in [0.05, 0.1) is 0 Å². The molecule has 0 saturated carbocycles. The second-order valence-electron chi connectivity index (χ2n) is 4.99. The van der Waals surface area contributed by atoms with Gasteiger partial charge in [0.2, 0.25) is 23.6 Å². The number of urea groups is 2. The van der Waals surface area contributed by atoms with Crippen molar-refractivity contribution in [3.05, 3.63) is 0 Å². The Balaban J connectivity index is 2.69. The van der Waals surface area contributed by atoms with Crippen LogP contribution in [0.1, 0.15) is 26.7 Å². The van der Waals surface area contributed by atoms with Crippen LogP contribution in [0.25, 0.3) is 0 Å². The second-order valence-corrected chi connectivity index (χ2v) is 4.99. The first-order valence-corrected chi connectivity index (χ1v) is 6.60. The predicted octanol–water partition coefficient (Wildman–Crippen LogP) is -1.49. The summed E-state index contributed by atoms with van der Waals surface area (Å²) < 4.78 is 0. The lowest BCUT2D eigenvalue weighted by Gasteiger charge is -2.47. The van der Waals surface area contributed by atoms with E-state index < -0.39 is 46.5 Å². The molecule has 8 amide bonds. The van der Waals surface area contributed by atoms with Crippen molar-refractivity contribution in [3.63, 3.8) is 0 Å². The average molecular weight is 310 g/mol. The smallest absolute Gasteiger partial charge is 0.277 e. The van der Waals surface area contributed by atoms with Crippen molar-refractivity contribution in [2.24, 2.45) is 10.8 Å². The number of amides is 8. The monoisotopic (exact) mass is 310 g/mol. The predicted molar refractivity (Wildman–Crippen MR) is 68.8 cm³/mol. The van der Waals surface area contributed by atoms with Gasteiger partial charge in [0.25, 0.3) is 0 Å². The third-order valence-electron chi connectivity index (χ3n) is 4.25. The molecule has 2 rings (SSSR count). The van der Waals surface area contributed by atoms with Crippen molar-refractivity contribution in [1.82, 2.24) is 21.3 Å². The van der Waals surface area contributed by atoms with E-state index in [-0.39, 0.29) is 12.8 Å². The lowest BCUT2D eigenvalue weighted by Crippen LogP contribution is -2.76. The van der Waals surface area contributed by atoms with E-state index in [1.807, 2.05) is 21.3 Å². The Morgan fingerprint density at radius 3 is 1.00 bits per heavy atom. The molecule has 0 aromatic heterocycles. The van der Waals surface area contributed by atoms with Crippen LogP contribution in [-0.2, 0) is 19.2 Å². The fourth-order valence-corrected chi connectivity index (χ4v) is 3.13. The molecular weight excluding hydrogens is 296 g/mol. The third kappa shape index (κ3) is 1.66. The number of nitrogens with one attached hydrogen (secondary N) is 4. The van der Waals surface area contributed by atoms with Crippen molar-refractivity contribution < 1.29 is 28.8 Å². The lowest BCUT2D eigenvalue weighted by atomic mass is 9.57. The van der Waals surface area contributed by atoms with E-state index in [1.165, 1.54) is 13.8 Å². The molecule has 2 saturated heterocycles.